The van der Waals surface area contributed by atoms with Crippen LogP contribution in [0.2, 0.25) is 0 Å². The summed E-state index contributed by atoms with van der Waals surface area (Å²) in [6, 6.07) is 54.5. The Labute approximate surface area is 267 Å². The lowest BCUT2D eigenvalue weighted by molar-refractivity contribution is 1.07. The molecule has 46 heavy (non-hydrogen) atoms. The Kier molecular flexibility index (Phi) is 7.14. The van der Waals surface area contributed by atoms with Gasteiger partial charge in [0.2, 0.25) is 0 Å². The first kappa shape index (κ1) is 27.3. The van der Waals surface area contributed by atoms with Crippen LogP contribution in [0.25, 0.3) is 78.3 Å². The predicted octanol–water partition coefficient (Wildman–Crippen LogP) is 10.4. The van der Waals surface area contributed by atoms with Crippen LogP contribution in [0.5, 0.6) is 0 Å². The normalized spacial score (nSPS) is 11.0. The Morgan fingerprint density at radius 2 is 0.739 bits per heavy atom. The van der Waals surface area contributed by atoms with Gasteiger partial charge in [0.1, 0.15) is 0 Å². The van der Waals surface area contributed by atoms with Crippen molar-refractivity contribution in [3.8, 4) is 67.5 Å². The SMILES string of the molecule is c1ccc(-c2nc(-c3ccccc3)nc(-c3ccc(-c4cccc5cccc(-c6ccc(-c7cccnc7)cc6)c45)cc3)n2)cc1. The van der Waals surface area contributed by atoms with Gasteiger partial charge in [-0.2, -0.15) is 0 Å². The topological polar surface area (TPSA) is 51.6 Å². The van der Waals surface area contributed by atoms with Gasteiger partial charge in [-0.3, -0.25) is 4.98 Å². The molecule has 0 unspecified atom stereocenters. The molecule has 0 aliphatic carbocycles. The molecule has 0 fully saturated rings. The zero-order valence-electron chi connectivity index (χ0n) is 25.0. The summed E-state index contributed by atoms with van der Waals surface area (Å²) in [5.74, 6) is 1.95. The third kappa shape index (κ3) is 5.33. The Balaban J connectivity index is 1.19. The smallest absolute Gasteiger partial charge is 0.164 e. The molecule has 0 radical (unpaired) electrons. The zero-order valence-corrected chi connectivity index (χ0v) is 25.0. The second-order valence-corrected chi connectivity index (χ2v) is 11.1. The average Bonchev–Trinajstić information content (AvgIpc) is 3.15. The van der Waals surface area contributed by atoms with Crippen molar-refractivity contribution in [2.45, 2.75) is 0 Å². The number of fused-ring (bicyclic) bond motifs is 1. The molecule has 216 valence electrons. The molecule has 0 aliphatic heterocycles. The largest absolute Gasteiger partial charge is 0.264 e. The fraction of sp³-hybridized carbons (Fsp3) is 0. The maximum Gasteiger partial charge on any atom is 0.164 e. The van der Waals surface area contributed by atoms with E-state index < -0.39 is 0 Å². The van der Waals surface area contributed by atoms with E-state index in [9.17, 15) is 0 Å². The lowest BCUT2D eigenvalue weighted by Gasteiger charge is -2.14. The van der Waals surface area contributed by atoms with E-state index in [-0.39, 0.29) is 0 Å². The zero-order chi connectivity index (χ0) is 30.7. The molecular weight excluding hydrogens is 560 g/mol. The van der Waals surface area contributed by atoms with Crippen molar-refractivity contribution < 1.29 is 0 Å². The van der Waals surface area contributed by atoms with Gasteiger partial charge in [0.15, 0.2) is 17.5 Å². The van der Waals surface area contributed by atoms with Gasteiger partial charge in [0, 0.05) is 29.1 Å². The number of benzene rings is 6. The molecule has 2 heterocycles. The Morgan fingerprint density at radius 3 is 1.22 bits per heavy atom. The molecule has 4 nitrogen and oxygen atoms in total. The lowest BCUT2D eigenvalue weighted by Crippen LogP contribution is -2.00. The van der Waals surface area contributed by atoms with Gasteiger partial charge in [-0.15, -0.1) is 0 Å². The van der Waals surface area contributed by atoms with Gasteiger partial charge in [-0.25, -0.2) is 15.0 Å². The van der Waals surface area contributed by atoms with Crippen LogP contribution in [0.3, 0.4) is 0 Å². The molecular formula is C42H28N4. The number of pyridine rings is 1. The predicted molar refractivity (Wildman–Crippen MR) is 188 cm³/mol. The van der Waals surface area contributed by atoms with E-state index in [1.54, 1.807) is 6.20 Å². The van der Waals surface area contributed by atoms with E-state index in [1.807, 2.05) is 72.9 Å². The summed E-state index contributed by atoms with van der Waals surface area (Å²) in [5, 5.41) is 2.43. The van der Waals surface area contributed by atoms with Gasteiger partial charge in [0.05, 0.1) is 0 Å². The van der Waals surface area contributed by atoms with Crippen LogP contribution >= 0.6 is 0 Å². The first-order chi connectivity index (χ1) is 22.8. The van der Waals surface area contributed by atoms with E-state index in [4.69, 9.17) is 15.0 Å². The van der Waals surface area contributed by atoms with Gasteiger partial charge in [-0.1, -0.05) is 152 Å². The van der Waals surface area contributed by atoms with Crippen molar-refractivity contribution in [1.82, 2.24) is 19.9 Å². The number of aromatic nitrogens is 4. The lowest BCUT2D eigenvalue weighted by atomic mass is 9.90. The molecule has 0 N–H and O–H groups in total. The molecule has 0 saturated heterocycles. The summed E-state index contributed by atoms with van der Waals surface area (Å²) in [4.78, 5) is 18.9. The minimum Gasteiger partial charge on any atom is -0.264 e. The fourth-order valence-corrected chi connectivity index (χ4v) is 5.93. The Hall–Kier alpha value is -6.26. The first-order valence-corrected chi connectivity index (χ1v) is 15.3. The number of hydrogen-bond acceptors (Lipinski definition) is 4. The molecule has 0 atom stereocenters. The minimum absolute atomic E-state index is 0.645. The summed E-state index contributed by atoms with van der Waals surface area (Å²) >= 11 is 0. The van der Waals surface area contributed by atoms with E-state index in [2.05, 4.69) is 96.0 Å². The van der Waals surface area contributed by atoms with Crippen LogP contribution in [0.4, 0.5) is 0 Å². The summed E-state index contributed by atoms with van der Waals surface area (Å²) in [6.45, 7) is 0. The summed E-state index contributed by atoms with van der Waals surface area (Å²) < 4.78 is 0. The highest BCUT2D eigenvalue weighted by atomic mass is 15.0. The highest BCUT2D eigenvalue weighted by molar-refractivity contribution is 6.06. The highest BCUT2D eigenvalue weighted by Crippen LogP contribution is 2.38. The van der Waals surface area contributed by atoms with Gasteiger partial charge < -0.3 is 0 Å². The molecule has 0 saturated carbocycles. The molecule has 0 amide bonds. The fourth-order valence-electron chi connectivity index (χ4n) is 5.93. The monoisotopic (exact) mass is 588 g/mol. The van der Waals surface area contributed by atoms with Gasteiger partial charge in [0.25, 0.3) is 0 Å². The molecule has 8 rings (SSSR count). The first-order valence-electron chi connectivity index (χ1n) is 15.3. The molecule has 4 heteroatoms. The Bertz CT molecular complexity index is 2200. The van der Waals surface area contributed by atoms with Crippen molar-refractivity contribution in [2.75, 3.05) is 0 Å². The van der Waals surface area contributed by atoms with E-state index in [0.717, 1.165) is 33.4 Å². The van der Waals surface area contributed by atoms with Crippen molar-refractivity contribution in [1.29, 1.82) is 0 Å². The minimum atomic E-state index is 0.645. The Morgan fingerprint density at radius 1 is 0.304 bits per heavy atom. The van der Waals surface area contributed by atoms with Crippen molar-refractivity contribution >= 4 is 10.8 Å². The maximum atomic E-state index is 4.91. The van der Waals surface area contributed by atoms with Crippen LogP contribution in [0, 0.1) is 0 Å². The third-order valence-corrected chi connectivity index (χ3v) is 8.25. The molecule has 0 spiro atoms. The molecule has 8 aromatic rings. The van der Waals surface area contributed by atoms with Crippen molar-refractivity contribution in [2.24, 2.45) is 0 Å². The molecule has 0 aliphatic rings. The van der Waals surface area contributed by atoms with Crippen LogP contribution in [0.15, 0.2) is 170 Å². The van der Waals surface area contributed by atoms with Crippen molar-refractivity contribution in [3.05, 3.63) is 170 Å². The summed E-state index contributed by atoms with van der Waals surface area (Å²) in [5.41, 5.74) is 9.80. The van der Waals surface area contributed by atoms with Crippen LogP contribution in [-0.2, 0) is 0 Å². The van der Waals surface area contributed by atoms with Crippen molar-refractivity contribution in [3.63, 3.8) is 0 Å². The number of rotatable bonds is 6. The van der Waals surface area contributed by atoms with E-state index in [1.165, 1.54) is 27.5 Å². The second kappa shape index (κ2) is 12.0. The van der Waals surface area contributed by atoms with E-state index in [0.29, 0.717) is 17.5 Å². The number of nitrogens with zero attached hydrogens (tertiary/aromatic N) is 4. The third-order valence-electron chi connectivity index (χ3n) is 8.25. The second-order valence-electron chi connectivity index (χ2n) is 11.1. The van der Waals surface area contributed by atoms with Gasteiger partial charge in [-0.05, 0) is 50.2 Å². The molecule has 2 aromatic heterocycles. The molecule has 6 aromatic carbocycles. The van der Waals surface area contributed by atoms with Crippen LogP contribution < -0.4 is 0 Å². The summed E-state index contributed by atoms with van der Waals surface area (Å²) in [7, 11) is 0. The van der Waals surface area contributed by atoms with Gasteiger partial charge >= 0.3 is 0 Å². The quantitative estimate of drug-likeness (QED) is 0.194. The van der Waals surface area contributed by atoms with E-state index >= 15 is 0 Å². The standard InChI is InChI=1S/C42H28N4/c1-3-10-33(11-4-1)40-44-41(34-12-5-2-6-13-34)46-42(45-40)35-25-23-31(24-26-35)38-18-8-15-32-14-7-17-37(39(32)38)30-21-19-29(20-22-30)36-16-9-27-43-28-36/h1-28H. The molecule has 0 bridgehead atoms. The number of hydrogen-bond donors (Lipinski definition) is 0. The maximum absolute atomic E-state index is 4.91. The summed E-state index contributed by atoms with van der Waals surface area (Å²) in [6.07, 6.45) is 3.70. The average molecular weight is 589 g/mol. The van der Waals surface area contributed by atoms with Crippen LogP contribution in [-0.4, -0.2) is 19.9 Å². The highest BCUT2D eigenvalue weighted by Gasteiger charge is 2.14. The van der Waals surface area contributed by atoms with Crippen LogP contribution in [0.1, 0.15) is 0 Å².